The van der Waals surface area contributed by atoms with E-state index in [0.717, 1.165) is 44.7 Å². The molecule has 0 fully saturated rings. The molecule has 2 aliphatic rings. The standard InChI is InChI=1S/C42H30N2O/c1-4-25-11-5-7-15-29(25)32-23-33-35(42(2,3)34-20-19-26-12-6-8-16-30(26)40(33)34)21-28(32)22-38-43-24-37-41(44-38)31-17-9-13-27-14-10-18-36(45-37)39(27)31/h4-21,23-24H,1,22H2,2-3H3. The van der Waals surface area contributed by atoms with Gasteiger partial charge in [-0.05, 0) is 72.8 Å². The van der Waals surface area contributed by atoms with Gasteiger partial charge in [0.15, 0.2) is 5.75 Å². The van der Waals surface area contributed by atoms with Crippen molar-refractivity contribution in [1.29, 1.82) is 0 Å². The van der Waals surface area contributed by atoms with Crippen LogP contribution < -0.4 is 4.74 Å². The number of hydrogen-bond donors (Lipinski definition) is 0. The summed E-state index contributed by atoms with van der Waals surface area (Å²) in [6.45, 7) is 8.84. The molecule has 1 aliphatic heterocycles. The number of nitrogens with zero attached hydrogens (tertiary/aromatic N) is 2. The van der Waals surface area contributed by atoms with Gasteiger partial charge in [0.1, 0.15) is 17.3 Å². The molecule has 7 aromatic rings. The summed E-state index contributed by atoms with van der Waals surface area (Å²) in [5.41, 5.74) is 11.8. The van der Waals surface area contributed by atoms with E-state index in [1.54, 1.807) is 0 Å². The number of benzene rings is 6. The summed E-state index contributed by atoms with van der Waals surface area (Å²) in [5, 5.41) is 4.80. The van der Waals surface area contributed by atoms with Crippen LogP contribution in [0.1, 0.15) is 41.9 Å². The Bertz CT molecular complexity index is 2380. The fraction of sp³-hybridized carbons (Fsp3) is 0.0952. The van der Waals surface area contributed by atoms with E-state index in [-0.39, 0.29) is 5.41 Å². The molecule has 45 heavy (non-hydrogen) atoms. The van der Waals surface area contributed by atoms with E-state index in [2.05, 4.69) is 117 Å². The molecule has 1 aliphatic carbocycles. The first-order chi connectivity index (χ1) is 22.0. The average molecular weight is 579 g/mol. The Kier molecular flexibility index (Phi) is 5.46. The Hall–Kier alpha value is -5.54. The molecule has 0 amide bonds. The van der Waals surface area contributed by atoms with Crippen molar-refractivity contribution >= 4 is 27.6 Å². The highest BCUT2D eigenvalue weighted by Crippen LogP contribution is 2.53. The molecule has 0 N–H and O–H groups in total. The minimum atomic E-state index is -0.149. The lowest BCUT2D eigenvalue weighted by molar-refractivity contribution is 0.481. The molecular formula is C42H30N2O. The zero-order chi connectivity index (χ0) is 30.3. The zero-order valence-electron chi connectivity index (χ0n) is 25.3. The van der Waals surface area contributed by atoms with Crippen LogP contribution in [-0.4, -0.2) is 9.97 Å². The van der Waals surface area contributed by atoms with Crippen molar-refractivity contribution in [3.05, 3.63) is 150 Å². The van der Waals surface area contributed by atoms with Gasteiger partial charge in [-0.1, -0.05) is 124 Å². The van der Waals surface area contributed by atoms with Crippen molar-refractivity contribution in [1.82, 2.24) is 9.97 Å². The summed E-state index contributed by atoms with van der Waals surface area (Å²) in [6.07, 6.45) is 4.37. The van der Waals surface area contributed by atoms with Gasteiger partial charge in [-0.25, -0.2) is 9.97 Å². The smallest absolute Gasteiger partial charge is 0.172 e. The van der Waals surface area contributed by atoms with Crippen molar-refractivity contribution in [3.8, 4) is 45.0 Å². The van der Waals surface area contributed by atoms with Gasteiger partial charge < -0.3 is 4.74 Å². The van der Waals surface area contributed by atoms with E-state index in [0.29, 0.717) is 12.2 Å². The van der Waals surface area contributed by atoms with E-state index >= 15 is 0 Å². The molecule has 214 valence electrons. The van der Waals surface area contributed by atoms with Gasteiger partial charge in [-0.2, -0.15) is 0 Å². The van der Waals surface area contributed by atoms with Crippen LogP contribution in [0, 0.1) is 0 Å². The normalized spacial score (nSPS) is 13.6. The fourth-order valence-corrected chi connectivity index (χ4v) is 7.55. The monoisotopic (exact) mass is 578 g/mol. The number of aromatic nitrogens is 2. The van der Waals surface area contributed by atoms with Crippen molar-refractivity contribution in [3.63, 3.8) is 0 Å². The molecule has 9 rings (SSSR count). The fourth-order valence-electron chi connectivity index (χ4n) is 7.55. The minimum Gasteiger partial charge on any atom is -0.453 e. The third-order valence-corrected chi connectivity index (χ3v) is 9.75. The highest BCUT2D eigenvalue weighted by molar-refractivity contribution is 6.04. The quantitative estimate of drug-likeness (QED) is 0.208. The number of ether oxygens (including phenoxy) is 1. The van der Waals surface area contributed by atoms with Crippen LogP contribution >= 0.6 is 0 Å². The lowest BCUT2D eigenvalue weighted by Gasteiger charge is -2.23. The maximum Gasteiger partial charge on any atom is 0.172 e. The van der Waals surface area contributed by atoms with E-state index in [9.17, 15) is 0 Å². The summed E-state index contributed by atoms with van der Waals surface area (Å²) in [6, 6.07) is 39.2. The van der Waals surface area contributed by atoms with Gasteiger partial charge in [0.25, 0.3) is 0 Å². The number of hydrogen-bond acceptors (Lipinski definition) is 3. The molecule has 0 atom stereocenters. The van der Waals surface area contributed by atoms with Crippen LogP contribution in [0.5, 0.6) is 11.5 Å². The molecule has 0 unspecified atom stereocenters. The Morgan fingerprint density at radius 3 is 2.38 bits per heavy atom. The van der Waals surface area contributed by atoms with E-state index in [4.69, 9.17) is 14.7 Å². The molecule has 0 bridgehead atoms. The number of rotatable bonds is 4. The zero-order valence-corrected chi connectivity index (χ0v) is 25.3. The van der Waals surface area contributed by atoms with Gasteiger partial charge in [0.05, 0.1) is 6.20 Å². The Labute approximate surface area is 262 Å². The Balaban J connectivity index is 1.25. The molecule has 0 radical (unpaired) electrons. The van der Waals surface area contributed by atoms with Crippen LogP contribution in [-0.2, 0) is 11.8 Å². The summed E-state index contributed by atoms with van der Waals surface area (Å²) in [5.74, 6) is 2.31. The molecule has 6 aromatic carbocycles. The lowest BCUT2D eigenvalue weighted by atomic mass is 9.80. The van der Waals surface area contributed by atoms with Gasteiger partial charge in [-0.3, -0.25) is 0 Å². The summed E-state index contributed by atoms with van der Waals surface area (Å²) < 4.78 is 6.30. The predicted octanol–water partition coefficient (Wildman–Crippen LogP) is 10.8. The molecule has 3 heteroatoms. The van der Waals surface area contributed by atoms with Gasteiger partial charge in [0, 0.05) is 22.8 Å². The Morgan fingerprint density at radius 2 is 1.49 bits per heavy atom. The topological polar surface area (TPSA) is 35.0 Å². The first-order valence-electron chi connectivity index (χ1n) is 15.5. The van der Waals surface area contributed by atoms with Crippen molar-refractivity contribution in [2.75, 3.05) is 0 Å². The van der Waals surface area contributed by atoms with Crippen LogP contribution in [0.3, 0.4) is 0 Å². The molecule has 3 nitrogen and oxygen atoms in total. The molecular weight excluding hydrogens is 548 g/mol. The summed E-state index contributed by atoms with van der Waals surface area (Å²) >= 11 is 0. The molecule has 0 saturated carbocycles. The predicted molar refractivity (Wildman–Crippen MR) is 185 cm³/mol. The molecule has 0 saturated heterocycles. The summed E-state index contributed by atoms with van der Waals surface area (Å²) in [4.78, 5) is 10.0. The molecule has 2 heterocycles. The van der Waals surface area contributed by atoms with Crippen molar-refractivity contribution in [2.45, 2.75) is 25.7 Å². The van der Waals surface area contributed by atoms with E-state index in [1.165, 1.54) is 44.2 Å². The molecule has 1 aromatic heterocycles. The third kappa shape index (κ3) is 3.77. The largest absolute Gasteiger partial charge is 0.453 e. The maximum atomic E-state index is 6.30. The van der Waals surface area contributed by atoms with Gasteiger partial charge in [-0.15, -0.1) is 0 Å². The van der Waals surface area contributed by atoms with Crippen LogP contribution in [0.25, 0.3) is 61.1 Å². The summed E-state index contributed by atoms with van der Waals surface area (Å²) in [7, 11) is 0. The maximum absolute atomic E-state index is 6.30. The van der Waals surface area contributed by atoms with Gasteiger partial charge in [0.2, 0.25) is 0 Å². The van der Waals surface area contributed by atoms with E-state index < -0.39 is 0 Å². The highest BCUT2D eigenvalue weighted by Gasteiger charge is 2.37. The number of fused-ring (bicyclic) bond motifs is 7. The van der Waals surface area contributed by atoms with Crippen LogP contribution in [0.2, 0.25) is 0 Å². The lowest BCUT2D eigenvalue weighted by Crippen LogP contribution is -2.15. The van der Waals surface area contributed by atoms with Gasteiger partial charge >= 0.3 is 0 Å². The van der Waals surface area contributed by atoms with Crippen LogP contribution in [0.15, 0.2) is 122 Å². The van der Waals surface area contributed by atoms with Crippen molar-refractivity contribution < 1.29 is 4.74 Å². The minimum absolute atomic E-state index is 0.149. The Morgan fingerprint density at radius 1 is 0.711 bits per heavy atom. The molecule has 0 spiro atoms. The third-order valence-electron chi connectivity index (χ3n) is 9.75. The first kappa shape index (κ1) is 25.9. The first-order valence-corrected chi connectivity index (χ1v) is 15.5. The SMILES string of the molecule is C=Cc1ccccc1-c1cc2c(cc1Cc1ncc3c(n1)-c1cccc4cccc(c14)O3)C(C)(C)c1ccc3ccccc3c1-2. The highest BCUT2D eigenvalue weighted by atomic mass is 16.5. The van der Waals surface area contributed by atoms with Crippen LogP contribution in [0.4, 0.5) is 0 Å². The second-order valence-corrected chi connectivity index (χ2v) is 12.6. The van der Waals surface area contributed by atoms with E-state index in [1.807, 2.05) is 24.4 Å². The van der Waals surface area contributed by atoms with Crippen molar-refractivity contribution in [2.24, 2.45) is 0 Å². The second-order valence-electron chi connectivity index (χ2n) is 12.6. The average Bonchev–Trinajstić information content (AvgIpc) is 3.30. The second kappa shape index (κ2) is 9.48.